The van der Waals surface area contributed by atoms with Gasteiger partial charge in [0.15, 0.2) is 0 Å². The van der Waals surface area contributed by atoms with E-state index in [0.717, 1.165) is 29.7 Å². The molecular weight excluding hydrogens is 470 g/mol. The van der Waals surface area contributed by atoms with Gasteiger partial charge in [-0.2, -0.15) is 0 Å². The number of unbranched alkanes of at least 4 members (excludes halogenated alkanes) is 8. The lowest BCUT2D eigenvalue weighted by Crippen LogP contribution is -2.44. The molecule has 0 aliphatic rings. The number of hydrogen-bond acceptors (Lipinski definition) is 3. The van der Waals surface area contributed by atoms with Crippen LogP contribution < -0.4 is 4.74 Å². The van der Waals surface area contributed by atoms with Gasteiger partial charge >= 0.3 is 5.97 Å². The number of esters is 1. The molecule has 4 heteroatoms. The molecule has 2 aromatic carbocycles. The van der Waals surface area contributed by atoms with Crippen molar-refractivity contribution in [1.82, 2.24) is 0 Å². The fourth-order valence-corrected chi connectivity index (χ4v) is 5.09. The Bertz CT molecular complexity index is 878. The zero-order chi connectivity index (χ0) is 27.6. The maximum atomic E-state index is 12.6. The highest BCUT2D eigenvalue weighted by Gasteiger charge is 2.25. The molecule has 2 unspecified atom stereocenters. The fraction of sp³-hybridized carbons (Fsp3) is 0.618. The molecule has 2 atom stereocenters. The van der Waals surface area contributed by atoms with Crippen LogP contribution >= 0.6 is 0 Å². The first-order chi connectivity index (χ1) is 18.3. The lowest BCUT2D eigenvalue weighted by molar-refractivity contribution is -0.905. The zero-order valence-corrected chi connectivity index (χ0v) is 24.9. The molecule has 2 aromatic rings. The topological polar surface area (TPSA) is 35.5 Å². The van der Waals surface area contributed by atoms with E-state index in [9.17, 15) is 4.79 Å². The van der Waals surface area contributed by atoms with E-state index in [1.54, 1.807) is 0 Å². The van der Waals surface area contributed by atoms with Crippen molar-refractivity contribution >= 4 is 5.97 Å². The summed E-state index contributed by atoms with van der Waals surface area (Å²) in [5.41, 5.74) is 2.66. The van der Waals surface area contributed by atoms with Crippen molar-refractivity contribution in [2.45, 2.75) is 104 Å². The molecule has 2 rings (SSSR count). The number of ether oxygens (including phenoxy) is 2. The second kappa shape index (κ2) is 18.0. The summed E-state index contributed by atoms with van der Waals surface area (Å²) < 4.78 is 12.4. The number of aryl methyl sites for hydroxylation is 1. The van der Waals surface area contributed by atoms with Gasteiger partial charge in [-0.15, -0.1) is 0 Å². The van der Waals surface area contributed by atoms with Gasteiger partial charge in [-0.1, -0.05) is 101 Å². The Balaban J connectivity index is 1.58. The van der Waals surface area contributed by atoms with Crippen LogP contribution in [0.15, 0.2) is 54.6 Å². The lowest BCUT2D eigenvalue weighted by atomic mass is 10.0. The van der Waals surface area contributed by atoms with E-state index in [1.807, 2.05) is 19.9 Å². The van der Waals surface area contributed by atoms with Crippen molar-refractivity contribution in [3.63, 3.8) is 0 Å². The summed E-state index contributed by atoms with van der Waals surface area (Å²) in [6.07, 6.45) is 14.1. The number of carbonyl (C=O) groups excluding carboxylic acids is 1. The average molecular weight is 525 g/mol. The van der Waals surface area contributed by atoms with Crippen LogP contribution in [0.2, 0.25) is 0 Å². The second-order valence-electron chi connectivity index (χ2n) is 11.8. The number of benzene rings is 2. The molecule has 0 aromatic heterocycles. The van der Waals surface area contributed by atoms with Gasteiger partial charge in [0.1, 0.15) is 18.2 Å². The molecule has 212 valence electrons. The maximum absolute atomic E-state index is 12.6. The molecule has 0 aliphatic heterocycles. The SMILES string of the molecule is CCCCCCCCCCCc1ccc(OC(C)CCOC(=O)C(C)C[N+](C)(C)Cc2ccccc2)cc1. The quantitative estimate of drug-likeness (QED) is 0.0991. The minimum absolute atomic E-state index is 0.00779. The Labute approximate surface area is 233 Å². The molecule has 0 fully saturated rings. The van der Waals surface area contributed by atoms with Crippen LogP contribution in [0.4, 0.5) is 0 Å². The van der Waals surface area contributed by atoms with Crippen LogP contribution in [0.3, 0.4) is 0 Å². The Morgan fingerprint density at radius 2 is 1.39 bits per heavy atom. The van der Waals surface area contributed by atoms with Crippen molar-refractivity contribution < 1.29 is 18.8 Å². The smallest absolute Gasteiger partial charge is 0.314 e. The molecule has 0 saturated carbocycles. The van der Waals surface area contributed by atoms with Crippen LogP contribution in [-0.2, 0) is 22.5 Å². The zero-order valence-electron chi connectivity index (χ0n) is 24.9. The molecule has 0 saturated heterocycles. The highest BCUT2D eigenvalue weighted by Crippen LogP contribution is 2.18. The Kier molecular flexibility index (Phi) is 15.1. The standard InChI is InChI=1S/C34H54NO3/c1-6-7-8-9-10-11-12-13-15-18-31-21-23-33(24-22-31)38-30(3)25-26-37-34(36)29(2)27-35(4,5)28-32-19-16-14-17-20-32/h14,16-17,19-24,29-30H,6-13,15,18,25-28H2,1-5H3/q+1. The molecule has 0 amide bonds. The molecule has 4 nitrogen and oxygen atoms in total. The van der Waals surface area contributed by atoms with Crippen molar-refractivity contribution in [2.24, 2.45) is 5.92 Å². The van der Waals surface area contributed by atoms with Crippen LogP contribution in [0, 0.1) is 5.92 Å². The van der Waals surface area contributed by atoms with E-state index in [1.165, 1.54) is 68.9 Å². The minimum atomic E-state index is -0.150. The highest BCUT2D eigenvalue weighted by molar-refractivity contribution is 5.72. The van der Waals surface area contributed by atoms with Gasteiger partial charge in [-0.05, 0) is 44.4 Å². The summed E-state index contributed by atoms with van der Waals surface area (Å²) >= 11 is 0. The fourth-order valence-electron chi connectivity index (χ4n) is 5.09. The number of carbonyl (C=O) groups is 1. The monoisotopic (exact) mass is 524 g/mol. The van der Waals surface area contributed by atoms with E-state index < -0.39 is 0 Å². The third-order valence-electron chi connectivity index (χ3n) is 7.22. The van der Waals surface area contributed by atoms with Crippen molar-refractivity contribution in [3.05, 3.63) is 65.7 Å². The van der Waals surface area contributed by atoms with Crippen LogP contribution in [0.25, 0.3) is 0 Å². The van der Waals surface area contributed by atoms with E-state index in [2.05, 4.69) is 69.6 Å². The molecule has 0 N–H and O–H groups in total. The third kappa shape index (κ3) is 14.0. The molecule has 38 heavy (non-hydrogen) atoms. The normalized spacial score (nSPS) is 13.2. The van der Waals surface area contributed by atoms with Crippen LogP contribution in [-0.4, -0.2) is 43.8 Å². The van der Waals surface area contributed by atoms with Crippen LogP contribution in [0.1, 0.15) is 96.1 Å². The van der Waals surface area contributed by atoms with Gasteiger partial charge in [0.2, 0.25) is 0 Å². The van der Waals surface area contributed by atoms with E-state index in [-0.39, 0.29) is 18.0 Å². The lowest BCUT2D eigenvalue weighted by Gasteiger charge is -2.32. The van der Waals surface area contributed by atoms with Crippen LogP contribution in [0.5, 0.6) is 5.75 Å². The number of quaternary nitrogens is 1. The van der Waals surface area contributed by atoms with Crippen molar-refractivity contribution in [2.75, 3.05) is 27.2 Å². The largest absolute Gasteiger partial charge is 0.491 e. The van der Waals surface area contributed by atoms with E-state index >= 15 is 0 Å². The molecule has 0 radical (unpaired) electrons. The molecule has 0 heterocycles. The minimum Gasteiger partial charge on any atom is -0.491 e. The second-order valence-corrected chi connectivity index (χ2v) is 11.8. The number of nitrogens with zero attached hydrogens (tertiary/aromatic N) is 1. The first kappa shape index (κ1) is 31.9. The summed E-state index contributed by atoms with van der Waals surface area (Å²) in [5.74, 6) is 0.605. The van der Waals surface area contributed by atoms with Crippen molar-refractivity contribution in [3.8, 4) is 5.75 Å². The summed E-state index contributed by atoms with van der Waals surface area (Å²) in [6, 6.07) is 18.9. The van der Waals surface area contributed by atoms with Crippen molar-refractivity contribution in [1.29, 1.82) is 0 Å². The van der Waals surface area contributed by atoms with Gasteiger partial charge in [-0.25, -0.2) is 0 Å². The van der Waals surface area contributed by atoms with E-state index in [0.29, 0.717) is 13.0 Å². The Morgan fingerprint density at radius 1 is 0.789 bits per heavy atom. The summed E-state index contributed by atoms with van der Waals surface area (Å²) in [7, 11) is 4.32. The van der Waals surface area contributed by atoms with Gasteiger partial charge in [0, 0.05) is 12.0 Å². The average Bonchev–Trinajstić information content (AvgIpc) is 2.88. The van der Waals surface area contributed by atoms with E-state index in [4.69, 9.17) is 9.47 Å². The summed E-state index contributed by atoms with van der Waals surface area (Å²) in [6.45, 7) is 8.28. The summed E-state index contributed by atoms with van der Waals surface area (Å²) in [4.78, 5) is 12.6. The predicted octanol–water partition coefficient (Wildman–Crippen LogP) is 8.37. The molecule has 0 bridgehead atoms. The Morgan fingerprint density at radius 3 is 2.03 bits per heavy atom. The molecule has 0 aliphatic carbocycles. The molecule has 0 spiro atoms. The maximum Gasteiger partial charge on any atom is 0.314 e. The number of rotatable bonds is 20. The van der Waals surface area contributed by atoms with Gasteiger partial charge in [0.05, 0.1) is 33.4 Å². The first-order valence-corrected chi connectivity index (χ1v) is 15.1. The van der Waals surface area contributed by atoms with Gasteiger partial charge in [-0.3, -0.25) is 4.79 Å². The third-order valence-corrected chi connectivity index (χ3v) is 7.22. The van der Waals surface area contributed by atoms with Gasteiger partial charge in [0.25, 0.3) is 0 Å². The molecular formula is C34H54NO3+. The number of hydrogen-bond donors (Lipinski definition) is 0. The first-order valence-electron chi connectivity index (χ1n) is 15.1. The predicted molar refractivity (Wildman–Crippen MR) is 159 cm³/mol. The highest BCUT2D eigenvalue weighted by atomic mass is 16.5. The van der Waals surface area contributed by atoms with Gasteiger partial charge < -0.3 is 14.0 Å². The summed E-state index contributed by atoms with van der Waals surface area (Å²) in [5, 5.41) is 0. The Hall–Kier alpha value is -2.33.